The number of alkyl halides is 5. The minimum Gasteiger partial charge on any atom is -0.399 e. The Labute approximate surface area is 229 Å². The van der Waals surface area contributed by atoms with E-state index < -0.39 is 23.1 Å². The number of aliphatic imine (C=N–C) groups is 3. The van der Waals surface area contributed by atoms with Crippen molar-refractivity contribution in [3.8, 4) is 0 Å². The predicted octanol–water partition coefficient (Wildman–Crippen LogP) is 7.35. The first-order chi connectivity index (χ1) is 18.8. The molecule has 2 N–H and O–H groups in total. The third-order valence-electron chi connectivity index (χ3n) is 7.50. The minimum atomic E-state index is -4.48. The highest BCUT2D eigenvalue weighted by Gasteiger charge is 2.73. The first-order valence-electron chi connectivity index (χ1n) is 13.0. The van der Waals surface area contributed by atoms with Crippen LogP contribution < -0.4 is 5.73 Å². The van der Waals surface area contributed by atoms with E-state index in [0.717, 1.165) is 11.6 Å². The van der Waals surface area contributed by atoms with E-state index >= 15 is 4.39 Å². The Bertz CT molecular complexity index is 1530. The van der Waals surface area contributed by atoms with Gasteiger partial charge in [-0.15, -0.1) is 0 Å². The molecule has 1 saturated carbocycles. The van der Waals surface area contributed by atoms with Crippen LogP contribution in [0.25, 0.3) is 5.57 Å². The molecule has 4 nitrogen and oxygen atoms in total. The van der Waals surface area contributed by atoms with E-state index in [1.165, 1.54) is 30.5 Å². The Balaban J connectivity index is 1.40. The van der Waals surface area contributed by atoms with Crippen molar-refractivity contribution in [1.82, 2.24) is 0 Å². The highest BCUT2D eigenvalue weighted by molar-refractivity contribution is 6.43. The molecule has 40 heavy (non-hydrogen) atoms. The summed E-state index contributed by atoms with van der Waals surface area (Å²) in [6, 6.07) is 4.32. The fraction of sp³-hybridized carbons (Fsp3) is 0.323. The summed E-state index contributed by atoms with van der Waals surface area (Å²) in [6.45, 7) is 3.57. The van der Waals surface area contributed by atoms with Crippen molar-refractivity contribution in [2.45, 2.75) is 50.6 Å². The number of rotatable bonds is 6. The van der Waals surface area contributed by atoms with Crippen LogP contribution in [0.2, 0.25) is 0 Å². The Hall–Kier alpha value is -3.88. The lowest BCUT2D eigenvalue weighted by molar-refractivity contribution is -0.137. The highest BCUT2D eigenvalue weighted by atomic mass is 19.4. The third kappa shape index (κ3) is 5.05. The van der Waals surface area contributed by atoms with E-state index in [2.05, 4.69) is 15.0 Å². The van der Waals surface area contributed by atoms with E-state index in [1.807, 2.05) is 13.0 Å². The van der Waals surface area contributed by atoms with Crippen LogP contribution in [0.1, 0.15) is 42.9 Å². The molecule has 5 rings (SSSR count). The van der Waals surface area contributed by atoms with Crippen molar-refractivity contribution < 1.29 is 22.0 Å². The fourth-order valence-corrected chi connectivity index (χ4v) is 5.28. The zero-order chi connectivity index (χ0) is 28.9. The largest absolute Gasteiger partial charge is 0.417 e. The van der Waals surface area contributed by atoms with Gasteiger partial charge in [0.05, 0.1) is 11.3 Å². The number of fused-ring (bicyclic) bond motifs is 1. The van der Waals surface area contributed by atoms with Crippen LogP contribution >= 0.6 is 0 Å². The van der Waals surface area contributed by atoms with Gasteiger partial charge >= 0.3 is 6.18 Å². The Morgan fingerprint density at radius 3 is 2.65 bits per heavy atom. The van der Waals surface area contributed by atoms with Crippen molar-refractivity contribution in [1.29, 1.82) is 0 Å². The van der Waals surface area contributed by atoms with Gasteiger partial charge in [0.25, 0.3) is 0 Å². The van der Waals surface area contributed by atoms with E-state index in [0.29, 0.717) is 34.7 Å². The fourth-order valence-electron chi connectivity index (χ4n) is 5.28. The zero-order valence-electron chi connectivity index (χ0n) is 22.4. The molecule has 0 radical (unpaired) electrons. The lowest BCUT2D eigenvalue weighted by Gasteiger charge is -2.15. The standard InChI is InChI=1S/C31H29F5N4/c1-18-6-10-22(24(14-18)31(34,35)36)20-7-8-21(25(37)11-9-20)13-19(2)15-26-27(16-38-3)40-28(39-26)23-5-4-12-29(32)17-30(23,29)33/h4-8,10-12,14-16,19H,9,13,17,37H2,1-3H3/b26-15+,38-16?. The molecule has 1 aromatic rings. The minimum absolute atomic E-state index is 0.112. The van der Waals surface area contributed by atoms with Crippen LogP contribution in [-0.4, -0.2) is 36.1 Å². The predicted molar refractivity (Wildman–Crippen MR) is 150 cm³/mol. The Morgan fingerprint density at radius 2 is 1.93 bits per heavy atom. The smallest absolute Gasteiger partial charge is 0.399 e. The highest BCUT2D eigenvalue weighted by Crippen LogP contribution is 2.61. The summed E-state index contributed by atoms with van der Waals surface area (Å²) in [7, 11) is 1.58. The van der Waals surface area contributed by atoms with Crippen molar-refractivity contribution in [3.05, 3.63) is 100.0 Å². The zero-order valence-corrected chi connectivity index (χ0v) is 22.4. The summed E-state index contributed by atoms with van der Waals surface area (Å²) in [6.07, 6.45) is 8.77. The van der Waals surface area contributed by atoms with Crippen LogP contribution in [0.3, 0.4) is 0 Å². The molecule has 1 fully saturated rings. The van der Waals surface area contributed by atoms with Gasteiger partial charge in [-0.25, -0.2) is 18.8 Å². The first-order valence-corrected chi connectivity index (χ1v) is 13.0. The second-order valence-corrected chi connectivity index (χ2v) is 10.6. The molecule has 0 bridgehead atoms. The molecule has 9 heteroatoms. The van der Waals surface area contributed by atoms with Gasteiger partial charge in [0.2, 0.25) is 0 Å². The van der Waals surface area contributed by atoms with Gasteiger partial charge in [-0.1, -0.05) is 61.1 Å². The number of halogens is 5. The number of amidine groups is 1. The molecule has 3 atom stereocenters. The van der Waals surface area contributed by atoms with Gasteiger partial charge in [-0.2, -0.15) is 13.2 Å². The molecule has 0 spiro atoms. The molecular weight excluding hydrogens is 523 g/mol. The number of hydrogen-bond acceptors (Lipinski definition) is 4. The summed E-state index contributed by atoms with van der Waals surface area (Å²) in [5.41, 5.74) is 4.99. The number of aryl methyl sites for hydroxylation is 1. The first kappa shape index (κ1) is 27.7. The maximum Gasteiger partial charge on any atom is 0.417 e. The molecule has 0 saturated heterocycles. The Morgan fingerprint density at radius 1 is 1.15 bits per heavy atom. The molecule has 1 heterocycles. The molecule has 1 aromatic carbocycles. The van der Waals surface area contributed by atoms with Crippen molar-refractivity contribution in [2.75, 3.05) is 7.05 Å². The van der Waals surface area contributed by atoms with Gasteiger partial charge in [-0.3, -0.25) is 4.99 Å². The number of hydrogen-bond donors (Lipinski definition) is 1. The van der Waals surface area contributed by atoms with E-state index in [9.17, 15) is 17.6 Å². The lowest BCUT2D eigenvalue weighted by atomic mass is 9.95. The SMILES string of the molecule is CN=CC1=NC(C2=CC=CC3(F)CC23F)=N/C1=C/C(C)CC1=CC=C(c2ccc(C)cc2C(F)(F)F)CC=C1N. The van der Waals surface area contributed by atoms with Crippen LogP contribution in [0.5, 0.6) is 0 Å². The monoisotopic (exact) mass is 552 g/mol. The van der Waals surface area contributed by atoms with Gasteiger partial charge in [-0.05, 0) is 54.5 Å². The second-order valence-electron chi connectivity index (χ2n) is 10.6. The maximum atomic E-state index is 15.2. The number of allylic oxidation sites excluding steroid dienone is 10. The molecule has 1 aliphatic heterocycles. The molecule has 0 aromatic heterocycles. The van der Waals surface area contributed by atoms with Crippen LogP contribution in [0.15, 0.2) is 98.2 Å². The van der Waals surface area contributed by atoms with Crippen LogP contribution in [0, 0.1) is 12.8 Å². The summed E-state index contributed by atoms with van der Waals surface area (Å²) < 4.78 is 71.0. The summed E-state index contributed by atoms with van der Waals surface area (Å²) in [5.74, 6) is 0.00605. The molecule has 4 aliphatic rings. The number of benzene rings is 1. The summed E-state index contributed by atoms with van der Waals surface area (Å²) in [5, 5.41) is 0. The normalized spacial score (nSPS) is 27.9. The maximum absolute atomic E-state index is 15.2. The quantitative estimate of drug-likeness (QED) is 0.291. The topological polar surface area (TPSA) is 63.1 Å². The lowest BCUT2D eigenvalue weighted by Crippen LogP contribution is -2.24. The molecule has 3 unspecified atom stereocenters. The molecule has 3 aliphatic carbocycles. The van der Waals surface area contributed by atoms with Gasteiger partial charge in [0.15, 0.2) is 17.2 Å². The number of nitrogens with two attached hydrogens (primary N) is 1. The Kier molecular flexibility index (Phi) is 6.88. The summed E-state index contributed by atoms with van der Waals surface area (Å²) in [4.78, 5) is 13.0. The van der Waals surface area contributed by atoms with E-state index in [-0.39, 0.29) is 35.7 Å². The van der Waals surface area contributed by atoms with Gasteiger partial charge in [0, 0.05) is 31.0 Å². The number of nitrogens with zero attached hydrogens (tertiary/aromatic N) is 3. The van der Waals surface area contributed by atoms with Crippen molar-refractivity contribution in [2.24, 2.45) is 26.6 Å². The third-order valence-corrected chi connectivity index (χ3v) is 7.50. The summed E-state index contributed by atoms with van der Waals surface area (Å²) >= 11 is 0. The molecule has 0 amide bonds. The second kappa shape index (κ2) is 9.94. The molecular formula is C31H29F5N4. The van der Waals surface area contributed by atoms with E-state index in [4.69, 9.17) is 5.73 Å². The van der Waals surface area contributed by atoms with Crippen molar-refractivity contribution >= 4 is 23.3 Å². The van der Waals surface area contributed by atoms with Crippen LogP contribution in [0.4, 0.5) is 22.0 Å². The van der Waals surface area contributed by atoms with Gasteiger partial charge < -0.3 is 5.73 Å². The molecule has 208 valence electrons. The van der Waals surface area contributed by atoms with Crippen molar-refractivity contribution in [3.63, 3.8) is 0 Å². The average Bonchev–Trinajstić information content (AvgIpc) is 3.36. The van der Waals surface area contributed by atoms with Gasteiger partial charge in [0.1, 0.15) is 5.71 Å². The van der Waals surface area contributed by atoms with E-state index in [1.54, 1.807) is 38.3 Å². The average molecular weight is 553 g/mol. The van der Waals surface area contributed by atoms with Crippen LogP contribution in [-0.2, 0) is 6.18 Å².